The van der Waals surface area contributed by atoms with Crippen LogP contribution in [0.5, 0.6) is 0 Å². The molecular formula is C14H29N3O2S. The van der Waals surface area contributed by atoms with Crippen molar-refractivity contribution in [2.45, 2.75) is 45.6 Å². The Labute approximate surface area is 123 Å². The molecule has 2 N–H and O–H groups in total. The average Bonchev–Trinajstić information content (AvgIpc) is 2.36. The van der Waals surface area contributed by atoms with Gasteiger partial charge in [-0.15, -0.1) is 0 Å². The zero-order chi connectivity index (χ0) is 15.2. The molecule has 0 aromatic carbocycles. The summed E-state index contributed by atoms with van der Waals surface area (Å²) in [5.74, 6) is 2.45. The van der Waals surface area contributed by atoms with Gasteiger partial charge < -0.3 is 10.6 Å². The van der Waals surface area contributed by atoms with Crippen LogP contribution in [0.25, 0.3) is 0 Å². The lowest BCUT2D eigenvalue weighted by molar-refractivity contribution is 0.250. The molecule has 0 atom stereocenters. The zero-order valence-electron chi connectivity index (χ0n) is 13.1. The molecule has 0 amide bonds. The van der Waals surface area contributed by atoms with Gasteiger partial charge in [-0.3, -0.25) is 4.99 Å². The van der Waals surface area contributed by atoms with Crippen molar-refractivity contribution in [2.75, 3.05) is 25.6 Å². The fraction of sp³-hybridized carbons (Fsp3) is 0.929. The zero-order valence-corrected chi connectivity index (χ0v) is 14.0. The third-order valence-corrected chi connectivity index (χ3v) is 4.99. The fourth-order valence-electron chi connectivity index (χ4n) is 2.67. The lowest BCUT2D eigenvalue weighted by Gasteiger charge is -2.32. The van der Waals surface area contributed by atoms with Crippen molar-refractivity contribution in [3.63, 3.8) is 0 Å². The van der Waals surface area contributed by atoms with E-state index < -0.39 is 9.84 Å². The van der Waals surface area contributed by atoms with E-state index in [2.05, 4.69) is 29.5 Å². The first-order chi connectivity index (χ1) is 9.31. The molecule has 0 aromatic rings. The van der Waals surface area contributed by atoms with E-state index in [1.165, 1.54) is 19.1 Å². The number of nitrogens with zero attached hydrogens (tertiary/aromatic N) is 1. The van der Waals surface area contributed by atoms with Crippen LogP contribution in [0.1, 0.15) is 39.5 Å². The second kappa shape index (κ2) is 7.86. The summed E-state index contributed by atoms with van der Waals surface area (Å²) in [6.45, 7) is 4.99. The molecule has 0 unspecified atom stereocenters. The minimum atomic E-state index is -2.92. The van der Waals surface area contributed by atoms with E-state index in [1.54, 1.807) is 7.05 Å². The van der Waals surface area contributed by atoms with E-state index in [0.29, 0.717) is 18.5 Å². The fourth-order valence-corrected chi connectivity index (χ4v) is 3.15. The van der Waals surface area contributed by atoms with Gasteiger partial charge in [-0.05, 0) is 37.5 Å². The summed E-state index contributed by atoms with van der Waals surface area (Å²) < 4.78 is 22.2. The number of hydrogen-bond acceptors (Lipinski definition) is 3. The summed E-state index contributed by atoms with van der Waals surface area (Å²) in [7, 11) is -1.21. The second-order valence-electron chi connectivity index (χ2n) is 6.13. The Kier molecular flexibility index (Phi) is 6.79. The van der Waals surface area contributed by atoms with E-state index in [0.717, 1.165) is 24.7 Å². The molecule has 1 aliphatic carbocycles. The topological polar surface area (TPSA) is 70.6 Å². The smallest absolute Gasteiger partial charge is 0.191 e. The Hall–Kier alpha value is -0.780. The average molecular weight is 303 g/mol. The minimum Gasteiger partial charge on any atom is -0.355 e. The van der Waals surface area contributed by atoms with Crippen LogP contribution in [0, 0.1) is 11.8 Å². The van der Waals surface area contributed by atoms with Crippen LogP contribution >= 0.6 is 0 Å². The number of aliphatic imine (C=N–C) groups is 1. The molecule has 118 valence electrons. The van der Waals surface area contributed by atoms with Crippen LogP contribution in [-0.4, -0.2) is 46.0 Å². The standard InChI is InChI=1S/C14H29N3O2S/c1-11(2)12-5-7-13(8-6-12)17-14(15-3)16-9-10-20(4,18)19/h11-13H,5-10H2,1-4H3,(H2,15,16,17). The first kappa shape index (κ1) is 17.3. The van der Waals surface area contributed by atoms with Gasteiger partial charge in [-0.2, -0.15) is 0 Å². The van der Waals surface area contributed by atoms with Gasteiger partial charge in [0.05, 0.1) is 5.75 Å². The van der Waals surface area contributed by atoms with Crippen molar-refractivity contribution in [2.24, 2.45) is 16.8 Å². The molecule has 0 spiro atoms. The van der Waals surface area contributed by atoms with Crippen LogP contribution in [0.3, 0.4) is 0 Å². The van der Waals surface area contributed by atoms with Gasteiger partial charge in [0.25, 0.3) is 0 Å². The molecule has 1 fully saturated rings. The summed E-state index contributed by atoms with van der Waals surface area (Å²) in [6.07, 6.45) is 6.09. The van der Waals surface area contributed by atoms with Crippen molar-refractivity contribution in [3.05, 3.63) is 0 Å². The van der Waals surface area contributed by atoms with E-state index >= 15 is 0 Å². The molecule has 1 aliphatic rings. The van der Waals surface area contributed by atoms with Crippen molar-refractivity contribution in [1.29, 1.82) is 0 Å². The van der Waals surface area contributed by atoms with Gasteiger partial charge in [0.1, 0.15) is 9.84 Å². The first-order valence-electron chi connectivity index (χ1n) is 7.46. The van der Waals surface area contributed by atoms with Gasteiger partial charge in [0, 0.05) is 25.9 Å². The molecule has 1 rings (SSSR count). The predicted octanol–water partition coefficient (Wildman–Crippen LogP) is 1.41. The third kappa shape index (κ3) is 6.59. The maximum absolute atomic E-state index is 11.1. The van der Waals surface area contributed by atoms with Crippen LogP contribution in [0.2, 0.25) is 0 Å². The molecule has 0 aliphatic heterocycles. The highest BCUT2D eigenvalue weighted by Gasteiger charge is 2.23. The first-order valence-corrected chi connectivity index (χ1v) is 9.52. The van der Waals surface area contributed by atoms with Crippen LogP contribution < -0.4 is 10.6 Å². The van der Waals surface area contributed by atoms with Gasteiger partial charge in [-0.1, -0.05) is 13.8 Å². The van der Waals surface area contributed by atoms with Crippen molar-refractivity contribution in [3.8, 4) is 0 Å². The molecule has 0 heterocycles. The Morgan fingerprint density at radius 1 is 1.25 bits per heavy atom. The summed E-state index contributed by atoms with van der Waals surface area (Å²) in [5, 5.41) is 6.46. The van der Waals surface area contributed by atoms with E-state index in [-0.39, 0.29) is 5.75 Å². The Morgan fingerprint density at radius 3 is 2.30 bits per heavy atom. The normalized spacial score (nSPS) is 24.8. The summed E-state index contributed by atoms with van der Waals surface area (Å²) in [4.78, 5) is 4.16. The quantitative estimate of drug-likeness (QED) is 0.595. The van der Waals surface area contributed by atoms with Crippen LogP contribution in [0.15, 0.2) is 4.99 Å². The van der Waals surface area contributed by atoms with E-state index in [4.69, 9.17) is 0 Å². The summed E-state index contributed by atoms with van der Waals surface area (Å²) in [5.41, 5.74) is 0. The molecule has 6 heteroatoms. The minimum absolute atomic E-state index is 0.133. The molecule has 0 aromatic heterocycles. The molecule has 0 bridgehead atoms. The number of guanidine groups is 1. The van der Waals surface area contributed by atoms with Gasteiger partial charge in [-0.25, -0.2) is 8.42 Å². The van der Waals surface area contributed by atoms with Crippen molar-refractivity contribution >= 4 is 15.8 Å². The number of hydrogen-bond donors (Lipinski definition) is 2. The largest absolute Gasteiger partial charge is 0.355 e. The SMILES string of the molecule is CN=C(NCCS(C)(=O)=O)NC1CCC(C(C)C)CC1. The predicted molar refractivity (Wildman–Crippen MR) is 84.8 cm³/mol. The van der Waals surface area contributed by atoms with E-state index in [1.807, 2.05) is 0 Å². The highest BCUT2D eigenvalue weighted by molar-refractivity contribution is 7.90. The molecule has 0 saturated heterocycles. The molecule has 0 radical (unpaired) electrons. The van der Waals surface area contributed by atoms with Gasteiger partial charge in [0.2, 0.25) is 0 Å². The third-order valence-electron chi connectivity index (χ3n) is 4.04. The Morgan fingerprint density at radius 2 is 1.85 bits per heavy atom. The molecule has 1 saturated carbocycles. The monoisotopic (exact) mass is 303 g/mol. The van der Waals surface area contributed by atoms with Crippen molar-refractivity contribution in [1.82, 2.24) is 10.6 Å². The number of nitrogens with one attached hydrogen (secondary N) is 2. The van der Waals surface area contributed by atoms with Crippen LogP contribution in [0.4, 0.5) is 0 Å². The Bertz CT molecular complexity index is 410. The summed E-state index contributed by atoms with van der Waals surface area (Å²) in [6, 6.07) is 0.453. The summed E-state index contributed by atoms with van der Waals surface area (Å²) >= 11 is 0. The number of sulfone groups is 1. The van der Waals surface area contributed by atoms with Gasteiger partial charge >= 0.3 is 0 Å². The highest BCUT2D eigenvalue weighted by Crippen LogP contribution is 2.29. The maximum Gasteiger partial charge on any atom is 0.191 e. The lowest BCUT2D eigenvalue weighted by Crippen LogP contribution is -2.46. The molecular weight excluding hydrogens is 274 g/mol. The van der Waals surface area contributed by atoms with Gasteiger partial charge in [0.15, 0.2) is 5.96 Å². The lowest BCUT2D eigenvalue weighted by atomic mass is 9.80. The van der Waals surface area contributed by atoms with E-state index in [9.17, 15) is 8.42 Å². The number of rotatable bonds is 5. The van der Waals surface area contributed by atoms with Crippen molar-refractivity contribution < 1.29 is 8.42 Å². The second-order valence-corrected chi connectivity index (χ2v) is 8.39. The molecule has 20 heavy (non-hydrogen) atoms. The maximum atomic E-state index is 11.1. The van der Waals surface area contributed by atoms with Crippen LogP contribution in [-0.2, 0) is 9.84 Å². The Balaban J connectivity index is 2.32. The molecule has 5 nitrogen and oxygen atoms in total. The highest BCUT2D eigenvalue weighted by atomic mass is 32.2.